The van der Waals surface area contributed by atoms with Gasteiger partial charge in [0.2, 0.25) is 0 Å². The Morgan fingerprint density at radius 1 is 1.40 bits per heavy atom. The lowest BCUT2D eigenvalue weighted by Gasteiger charge is -2.24. The second-order valence-corrected chi connectivity index (χ2v) is 4.79. The van der Waals surface area contributed by atoms with Crippen molar-refractivity contribution in [1.82, 2.24) is 4.57 Å². The maximum absolute atomic E-state index is 11.8. The van der Waals surface area contributed by atoms with E-state index in [4.69, 9.17) is 4.42 Å². The van der Waals surface area contributed by atoms with E-state index in [2.05, 4.69) is 0 Å². The molecule has 1 aromatic heterocycles. The van der Waals surface area contributed by atoms with Crippen molar-refractivity contribution in [1.29, 1.82) is 0 Å². The van der Waals surface area contributed by atoms with E-state index in [1.54, 1.807) is 0 Å². The van der Waals surface area contributed by atoms with Gasteiger partial charge in [0.25, 0.3) is 5.69 Å². The third kappa shape index (κ3) is 2.44. The fourth-order valence-corrected chi connectivity index (χ4v) is 2.08. The van der Waals surface area contributed by atoms with Gasteiger partial charge in [-0.15, -0.1) is 0 Å². The minimum absolute atomic E-state index is 0.0486. The summed E-state index contributed by atoms with van der Waals surface area (Å²) in [4.78, 5) is 22.1. The number of fused-ring (bicyclic) bond motifs is 1. The average molecular weight is 280 g/mol. The third-order valence-electron chi connectivity index (χ3n) is 3.63. The Kier molecular flexibility index (Phi) is 3.63. The van der Waals surface area contributed by atoms with Gasteiger partial charge in [-0.2, -0.15) is 0 Å². The van der Waals surface area contributed by atoms with Gasteiger partial charge < -0.3 is 9.52 Å². The minimum atomic E-state index is -1.04. The summed E-state index contributed by atoms with van der Waals surface area (Å²) in [5, 5.41) is 21.1. The monoisotopic (exact) mass is 280 g/mol. The Bertz CT molecular complexity index is 696. The largest absolute Gasteiger partial charge is 0.420 e. The van der Waals surface area contributed by atoms with Crippen LogP contribution in [-0.4, -0.2) is 20.2 Å². The Morgan fingerprint density at radius 2 is 2.05 bits per heavy atom. The van der Waals surface area contributed by atoms with Crippen molar-refractivity contribution in [3.63, 3.8) is 0 Å². The number of aromatic nitrogens is 1. The SMILES string of the molecule is CCC(O)(CC)Cn1c(=O)oc2ccc([N+](=O)[O-])cc21. The van der Waals surface area contributed by atoms with E-state index in [1.165, 1.54) is 22.8 Å². The second kappa shape index (κ2) is 5.09. The zero-order valence-corrected chi connectivity index (χ0v) is 11.3. The lowest BCUT2D eigenvalue weighted by Crippen LogP contribution is -2.35. The summed E-state index contributed by atoms with van der Waals surface area (Å²) in [5.74, 6) is -0.624. The molecule has 0 fully saturated rings. The topological polar surface area (TPSA) is 98.5 Å². The summed E-state index contributed by atoms with van der Waals surface area (Å²) < 4.78 is 6.29. The van der Waals surface area contributed by atoms with Crippen LogP contribution in [0.15, 0.2) is 27.4 Å². The van der Waals surface area contributed by atoms with Crippen LogP contribution >= 0.6 is 0 Å². The molecule has 0 amide bonds. The van der Waals surface area contributed by atoms with Crippen molar-refractivity contribution in [2.45, 2.75) is 38.8 Å². The molecule has 0 spiro atoms. The summed E-state index contributed by atoms with van der Waals surface area (Å²) in [7, 11) is 0. The molecule has 0 aliphatic rings. The van der Waals surface area contributed by atoms with Gasteiger partial charge in [-0.3, -0.25) is 14.7 Å². The van der Waals surface area contributed by atoms with Crippen LogP contribution in [0.25, 0.3) is 11.1 Å². The summed E-state index contributed by atoms with van der Waals surface area (Å²) in [6, 6.07) is 3.95. The predicted octanol–water partition coefficient (Wildman–Crippen LogP) is 2.05. The summed E-state index contributed by atoms with van der Waals surface area (Å²) in [5.41, 5.74) is -0.561. The molecule has 0 bridgehead atoms. The predicted molar refractivity (Wildman–Crippen MR) is 72.7 cm³/mol. The number of benzene rings is 1. The Balaban J connectivity index is 2.57. The molecule has 0 saturated carbocycles. The number of nitro benzene ring substituents is 1. The number of hydrogen-bond acceptors (Lipinski definition) is 5. The van der Waals surface area contributed by atoms with Crippen LogP contribution in [0.5, 0.6) is 0 Å². The molecule has 7 heteroatoms. The van der Waals surface area contributed by atoms with Crippen LogP contribution in [0.1, 0.15) is 26.7 Å². The number of rotatable bonds is 5. The first-order chi connectivity index (χ1) is 9.40. The molecule has 0 aliphatic heterocycles. The van der Waals surface area contributed by atoms with Gasteiger partial charge in [-0.05, 0) is 18.9 Å². The summed E-state index contributed by atoms with van der Waals surface area (Å²) >= 11 is 0. The van der Waals surface area contributed by atoms with Crippen LogP contribution in [0.3, 0.4) is 0 Å². The Morgan fingerprint density at radius 3 is 2.60 bits per heavy atom. The summed E-state index contributed by atoms with van der Waals surface area (Å²) in [6.45, 7) is 3.69. The molecule has 2 rings (SSSR count). The van der Waals surface area contributed by atoms with Gasteiger partial charge in [0.05, 0.1) is 22.6 Å². The fourth-order valence-electron chi connectivity index (χ4n) is 2.08. The number of aliphatic hydroxyl groups is 1. The molecule has 7 nitrogen and oxygen atoms in total. The highest BCUT2D eigenvalue weighted by atomic mass is 16.6. The molecule has 0 aliphatic carbocycles. The highest BCUT2D eigenvalue weighted by Gasteiger charge is 2.26. The highest BCUT2D eigenvalue weighted by Crippen LogP contribution is 2.23. The highest BCUT2D eigenvalue weighted by molar-refractivity contribution is 5.75. The average Bonchev–Trinajstić information content (AvgIpc) is 2.74. The fraction of sp³-hybridized carbons (Fsp3) is 0.462. The van der Waals surface area contributed by atoms with Crippen molar-refractivity contribution in [2.24, 2.45) is 0 Å². The second-order valence-electron chi connectivity index (χ2n) is 4.79. The minimum Gasteiger partial charge on any atom is -0.408 e. The number of nitro groups is 1. The molecule has 1 N–H and O–H groups in total. The first-order valence-electron chi connectivity index (χ1n) is 6.40. The third-order valence-corrected chi connectivity index (χ3v) is 3.63. The van der Waals surface area contributed by atoms with Crippen molar-refractivity contribution < 1.29 is 14.4 Å². The van der Waals surface area contributed by atoms with E-state index in [0.29, 0.717) is 18.4 Å². The van der Waals surface area contributed by atoms with E-state index in [9.17, 15) is 20.0 Å². The molecule has 0 unspecified atom stereocenters. The molecular formula is C13H16N2O5. The van der Waals surface area contributed by atoms with Gasteiger partial charge in [0.1, 0.15) is 0 Å². The Labute approximate surface area is 114 Å². The van der Waals surface area contributed by atoms with E-state index >= 15 is 0 Å². The summed E-state index contributed by atoms with van der Waals surface area (Å²) in [6.07, 6.45) is 0.940. The first-order valence-corrected chi connectivity index (χ1v) is 6.40. The van der Waals surface area contributed by atoms with Crippen LogP contribution in [0, 0.1) is 10.1 Å². The van der Waals surface area contributed by atoms with Gasteiger partial charge in [-0.1, -0.05) is 13.8 Å². The zero-order chi connectivity index (χ0) is 14.9. The van der Waals surface area contributed by atoms with Crippen LogP contribution in [0.4, 0.5) is 5.69 Å². The van der Waals surface area contributed by atoms with Crippen LogP contribution < -0.4 is 5.76 Å². The molecule has 0 radical (unpaired) electrons. The van der Waals surface area contributed by atoms with E-state index < -0.39 is 16.3 Å². The van der Waals surface area contributed by atoms with Gasteiger partial charge in [0.15, 0.2) is 5.58 Å². The molecule has 0 saturated heterocycles. The smallest absolute Gasteiger partial charge is 0.408 e. The molecule has 108 valence electrons. The first kappa shape index (κ1) is 14.3. The standard InChI is InChI=1S/C13H16N2O5/c1-3-13(17,4-2)8-14-10-7-9(15(18)19)5-6-11(10)20-12(14)16/h5-7,17H,3-4,8H2,1-2H3. The number of non-ortho nitro benzene ring substituents is 1. The maximum atomic E-state index is 11.8. The molecule has 0 atom stereocenters. The lowest BCUT2D eigenvalue weighted by molar-refractivity contribution is -0.384. The van der Waals surface area contributed by atoms with Crippen molar-refractivity contribution in [2.75, 3.05) is 0 Å². The molecule has 2 aromatic rings. The van der Waals surface area contributed by atoms with Crippen molar-refractivity contribution >= 4 is 16.8 Å². The zero-order valence-electron chi connectivity index (χ0n) is 11.3. The number of oxazole rings is 1. The van der Waals surface area contributed by atoms with E-state index in [0.717, 1.165) is 0 Å². The van der Waals surface area contributed by atoms with Crippen LogP contribution in [0.2, 0.25) is 0 Å². The molecular weight excluding hydrogens is 264 g/mol. The quantitative estimate of drug-likeness (QED) is 0.667. The van der Waals surface area contributed by atoms with Crippen molar-refractivity contribution in [3.05, 3.63) is 38.9 Å². The van der Waals surface area contributed by atoms with E-state index in [1.807, 2.05) is 13.8 Å². The van der Waals surface area contributed by atoms with Gasteiger partial charge >= 0.3 is 5.76 Å². The van der Waals surface area contributed by atoms with E-state index in [-0.39, 0.29) is 17.8 Å². The number of hydrogen-bond donors (Lipinski definition) is 1. The molecule has 20 heavy (non-hydrogen) atoms. The number of nitrogens with zero attached hydrogens (tertiary/aromatic N) is 2. The maximum Gasteiger partial charge on any atom is 0.420 e. The Hall–Kier alpha value is -2.15. The van der Waals surface area contributed by atoms with Crippen LogP contribution in [-0.2, 0) is 6.54 Å². The lowest BCUT2D eigenvalue weighted by atomic mass is 9.97. The molecule has 1 heterocycles. The van der Waals surface area contributed by atoms with Gasteiger partial charge in [-0.25, -0.2) is 4.79 Å². The normalized spacial score (nSPS) is 11.9. The van der Waals surface area contributed by atoms with Gasteiger partial charge in [0, 0.05) is 12.1 Å². The molecule has 1 aromatic carbocycles. The van der Waals surface area contributed by atoms with Crippen molar-refractivity contribution in [3.8, 4) is 0 Å².